The summed E-state index contributed by atoms with van der Waals surface area (Å²) in [6.45, 7) is 0. The Bertz CT molecular complexity index is 499. The van der Waals surface area contributed by atoms with Gasteiger partial charge in [0, 0.05) is 6.07 Å². The van der Waals surface area contributed by atoms with Crippen molar-refractivity contribution in [3.63, 3.8) is 0 Å². The average Bonchev–Trinajstić information content (AvgIpc) is 2.27. The Kier molecular flexibility index (Phi) is 2.29. The van der Waals surface area contributed by atoms with E-state index in [1.165, 1.54) is 26.6 Å². The van der Waals surface area contributed by atoms with Gasteiger partial charge < -0.3 is 14.6 Å². The SMILES string of the molecule is COc1cc2ncnc(OC)c2cc1O. The molecule has 0 aliphatic heterocycles. The molecule has 2 aromatic rings. The van der Waals surface area contributed by atoms with Crippen LogP contribution in [0.2, 0.25) is 0 Å². The molecule has 0 unspecified atom stereocenters. The minimum absolute atomic E-state index is 0.0399. The molecule has 0 fully saturated rings. The van der Waals surface area contributed by atoms with Crippen LogP contribution in [0.25, 0.3) is 10.9 Å². The fourth-order valence-electron chi connectivity index (χ4n) is 1.37. The van der Waals surface area contributed by atoms with Crippen LogP contribution in [0.15, 0.2) is 18.5 Å². The van der Waals surface area contributed by atoms with Crippen LogP contribution in [0.5, 0.6) is 17.4 Å². The lowest BCUT2D eigenvalue weighted by molar-refractivity contribution is 0.373. The monoisotopic (exact) mass is 206 g/mol. The Hall–Kier alpha value is -2.04. The molecule has 5 heteroatoms. The summed E-state index contributed by atoms with van der Waals surface area (Å²) in [7, 11) is 3.00. The first kappa shape index (κ1) is 9.51. The highest BCUT2D eigenvalue weighted by molar-refractivity contribution is 5.86. The van der Waals surface area contributed by atoms with Crippen LogP contribution in [0, 0.1) is 0 Å². The number of benzene rings is 1. The van der Waals surface area contributed by atoms with E-state index in [0.29, 0.717) is 22.5 Å². The minimum Gasteiger partial charge on any atom is -0.504 e. The fourth-order valence-corrected chi connectivity index (χ4v) is 1.37. The molecule has 15 heavy (non-hydrogen) atoms. The van der Waals surface area contributed by atoms with Gasteiger partial charge in [0.1, 0.15) is 6.33 Å². The smallest absolute Gasteiger partial charge is 0.224 e. The van der Waals surface area contributed by atoms with Gasteiger partial charge in [0.2, 0.25) is 5.88 Å². The van der Waals surface area contributed by atoms with Crippen LogP contribution in [-0.2, 0) is 0 Å². The second kappa shape index (κ2) is 3.61. The van der Waals surface area contributed by atoms with Crippen molar-refractivity contribution >= 4 is 10.9 Å². The van der Waals surface area contributed by atoms with E-state index < -0.39 is 0 Å². The molecule has 0 amide bonds. The van der Waals surface area contributed by atoms with Crippen LogP contribution < -0.4 is 9.47 Å². The van der Waals surface area contributed by atoms with E-state index in [0.717, 1.165) is 0 Å². The van der Waals surface area contributed by atoms with E-state index in [2.05, 4.69) is 9.97 Å². The molecule has 0 spiro atoms. The lowest BCUT2D eigenvalue weighted by Crippen LogP contribution is -1.92. The number of hydrogen-bond acceptors (Lipinski definition) is 5. The number of rotatable bonds is 2. The van der Waals surface area contributed by atoms with Crippen LogP contribution >= 0.6 is 0 Å². The predicted octanol–water partition coefficient (Wildman–Crippen LogP) is 1.35. The van der Waals surface area contributed by atoms with Gasteiger partial charge in [-0.05, 0) is 6.07 Å². The number of ether oxygens (including phenoxy) is 2. The highest BCUT2D eigenvalue weighted by Gasteiger charge is 2.09. The molecule has 2 rings (SSSR count). The summed E-state index contributed by atoms with van der Waals surface area (Å²) in [6, 6.07) is 3.15. The highest BCUT2D eigenvalue weighted by Crippen LogP contribution is 2.33. The lowest BCUT2D eigenvalue weighted by Gasteiger charge is -2.06. The van der Waals surface area contributed by atoms with Gasteiger partial charge in [-0.2, -0.15) is 0 Å². The highest BCUT2D eigenvalue weighted by atomic mass is 16.5. The summed E-state index contributed by atoms with van der Waals surface area (Å²) >= 11 is 0. The molecule has 0 bridgehead atoms. The summed E-state index contributed by atoms with van der Waals surface area (Å²) in [4.78, 5) is 7.99. The minimum atomic E-state index is 0.0399. The lowest BCUT2D eigenvalue weighted by atomic mass is 10.2. The van der Waals surface area contributed by atoms with Crippen molar-refractivity contribution in [1.29, 1.82) is 0 Å². The topological polar surface area (TPSA) is 64.5 Å². The molecule has 1 N–H and O–H groups in total. The van der Waals surface area contributed by atoms with Gasteiger partial charge >= 0.3 is 0 Å². The molecule has 0 radical (unpaired) electrons. The Morgan fingerprint density at radius 3 is 2.60 bits per heavy atom. The number of aromatic nitrogens is 2. The first-order valence-corrected chi connectivity index (χ1v) is 4.32. The van der Waals surface area contributed by atoms with Crippen molar-refractivity contribution in [2.24, 2.45) is 0 Å². The molecule has 1 aromatic heterocycles. The number of hydrogen-bond donors (Lipinski definition) is 1. The maximum atomic E-state index is 9.59. The zero-order chi connectivity index (χ0) is 10.8. The first-order chi connectivity index (χ1) is 7.26. The maximum absolute atomic E-state index is 9.59. The summed E-state index contributed by atoms with van der Waals surface area (Å²) in [5.74, 6) is 0.847. The molecule has 78 valence electrons. The molecule has 5 nitrogen and oxygen atoms in total. The molecule has 0 aliphatic rings. The van der Waals surface area contributed by atoms with Crippen molar-refractivity contribution in [3.05, 3.63) is 18.5 Å². The van der Waals surface area contributed by atoms with E-state index in [-0.39, 0.29) is 5.75 Å². The van der Waals surface area contributed by atoms with E-state index in [9.17, 15) is 5.11 Å². The van der Waals surface area contributed by atoms with Crippen LogP contribution in [0.3, 0.4) is 0 Å². The second-order valence-corrected chi connectivity index (χ2v) is 2.92. The summed E-state index contributed by atoms with van der Waals surface area (Å²) < 4.78 is 10.0. The van der Waals surface area contributed by atoms with Crippen molar-refractivity contribution < 1.29 is 14.6 Å². The quantitative estimate of drug-likeness (QED) is 0.803. The molecule has 1 aromatic carbocycles. The van der Waals surface area contributed by atoms with Gasteiger partial charge in [0.15, 0.2) is 11.5 Å². The summed E-state index contributed by atoms with van der Waals surface area (Å²) in [5, 5.41) is 10.2. The predicted molar refractivity (Wildman–Crippen MR) is 54.3 cm³/mol. The third-order valence-corrected chi connectivity index (χ3v) is 2.09. The molecule has 0 atom stereocenters. The zero-order valence-corrected chi connectivity index (χ0v) is 8.39. The van der Waals surface area contributed by atoms with Gasteiger partial charge in [0.05, 0.1) is 25.1 Å². The zero-order valence-electron chi connectivity index (χ0n) is 8.39. The van der Waals surface area contributed by atoms with E-state index in [4.69, 9.17) is 9.47 Å². The number of phenols is 1. The van der Waals surface area contributed by atoms with Crippen LogP contribution in [0.4, 0.5) is 0 Å². The standard InChI is InChI=1S/C10H10N2O3/c1-14-9-4-7-6(3-8(9)13)10(15-2)12-5-11-7/h3-5,13H,1-2H3. The number of fused-ring (bicyclic) bond motifs is 1. The summed E-state index contributed by atoms with van der Waals surface area (Å²) in [5.41, 5.74) is 0.663. The van der Waals surface area contributed by atoms with Crippen molar-refractivity contribution in [2.75, 3.05) is 14.2 Å². The third kappa shape index (κ3) is 1.52. The van der Waals surface area contributed by atoms with Gasteiger partial charge in [-0.15, -0.1) is 0 Å². The third-order valence-electron chi connectivity index (χ3n) is 2.09. The van der Waals surface area contributed by atoms with Crippen molar-refractivity contribution in [1.82, 2.24) is 9.97 Å². The first-order valence-electron chi connectivity index (χ1n) is 4.32. The van der Waals surface area contributed by atoms with Gasteiger partial charge in [-0.3, -0.25) is 0 Å². The Labute approximate surface area is 86.3 Å². The second-order valence-electron chi connectivity index (χ2n) is 2.92. The number of aromatic hydroxyl groups is 1. The van der Waals surface area contributed by atoms with E-state index in [1.807, 2.05) is 0 Å². The van der Waals surface area contributed by atoms with Gasteiger partial charge in [-0.25, -0.2) is 9.97 Å². The van der Waals surface area contributed by atoms with Crippen LogP contribution in [0.1, 0.15) is 0 Å². The molecule has 0 saturated carbocycles. The average molecular weight is 206 g/mol. The van der Waals surface area contributed by atoms with Gasteiger partial charge in [0.25, 0.3) is 0 Å². The molecular weight excluding hydrogens is 196 g/mol. The molecule has 0 aliphatic carbocycles. The Morgan fingerprint density at radius 1 is 1.13 bits per heavy atom. The summed E-state index contributed by atoms with van der Waals surface area (Å²) in [6.07, 6.45) is 1.40. The Balaban J connectivity index is 2.74. The normalized spacial score (nSPS) is 10.3. The number of phenolic OH excluding ortho intramolecular Hbond substituents is 1. The molecule has 1 heterocycles. The van der Waals surface area contributed by atoms with Crippen LogP contribution in [-0.4, -0.2) is 29.3 Å². The Morgan fingerprint density at radius 2 is 1.93 bits per heavy atom. The fraction of sp³-hybridized carbons (Fsp3) is 0.200. The number of methoxy groups -OCH3 is 2. The molecular formula is C10H10N2O3. The largest absolute Gasteiger partial charge is 0.504 e. The van der Waals surface area contributed by atoms with Gasteiger partial charge in [-0.1, -0.05) is 0 Å². The number of nitrogens with zero attached hydrogens (tertiary/aromatic N) is 2. The van der Waals surface area contributed by atoms with Crippen molar-refractivity contribution in [3.8, 4) is 17.4 Å². The maximum Gasteiger partial charge on any atom is 0.224 e. The van der Waals surface area contributed by atoms with E-state index in [1.54, 1.807) is 6.07 Å². The van der Waals surface area contributed by atoms with Crippen molar-refractivity contribution in [2.45, 2.75) is 0 Å². The molecule has 0 saturated heterocycles. The van der Waals surface area contributed by atoms with E-state index >= 15 is 0 Å².